The topological polar surface area (TPSA) is 83.6 Å². The van der Waals surface area contributed by atoms with Gasteiger partial charge < -0.3 is 15.7 Å². The summed E-state index contributed by atoms with van der Waals surface area (Å²) in [5.41, 5.74) is 5.55. The van der Waals surface area contributed by atoms with Crippen LogP contribution in [0.25, 0.3) is 0 Å². The number of hydrogen-bond donors (Lipinski definition) is 2. The van der Waals surface area contributed by atoms with Gasteiger partial charge in [-0.3, -0.25) is 4.79 Å². The van der Waals surface area contributed by atoms with E-state index < -0.39 is 18.1 Å². The molecule has 1 saturated heterocycles. The fourth-order valence-electron chi connectivity index (χ4n) is 1.75. The molecule has 0 bridgehead atoms. The highest BCUT2D eigenvalue weighted by molar-refractivity contribution is 8.00. The van der Waals surface area contributed by atoms with Crippen molar-refractivity contribution < 1.29 is 14.7 Å². The van der Waals surface area contributed by atoms with E-state index >= 15 is 0 Å². The van der Waals surface area contributed by atoms with Gasteiger partial charge in [-0.05, 0) is 12.8 Å². The second kappa shape index (κ2) is 5.05. The average Bonchev–Trinajstić information content (AvgIpc) is 2.59. The Balaban J connectivity index is 2.93. The van der Waals surface area contributed by atoms with Crippen molar-refractivity contribution in [1.29, 1.82) is 0 Å². The van der Waals surface area contributed by atoms with Crippen LogP contribution in [0.15, 0.2) is 0 Å². The van der Waals surface area contributed by atoms with Crippen molar-refractivity contribution in [3.63, 3.8) is 0 Å². The lowest BCUT2D eigenvalue weighted by Crippen LogP contribution is -2.52. The molecule has 0 saturated carbocycles. The zero-order valence-corrected chi connectivity index (χ0v) is 10.5. The fraction of sp³-hybridized carbons (Fsp3) is 0.800. The molecule has 3 N–H and O–H groups in total. The molecule has 0 aliphatic carbocycles. The van der Waals surface area contributed by atoms with E-state index in [0.29, 0.717) is 5.75 Å². The summed E-state index contributed by atoms with van der Waals surface area (Å²) in [5.74, 6) is -0.575. The Bertz CT molecular complexity index is 294. The van der Waals surface area contributed by atoms with Crippen molar-refractivity contribution in [3.05, 3.63) is 0 Å². The molecule has 0 radical (unpaired) electrons. The van der Waals surface area contributed by atoms with Crippen LogP contribution < -0.4 is 5.73 Å². The summed E-state index contributed by atoms with van der Waals surface area (Å²) >= 11 is 1.51. The van der Waals surface area contributed by atoms with Crippen molar-refractivity contribution in [2.24, 2.45) is 11.7 Å². The zero-order valence-electron chi connectivity index (χ0n) is 9.71. The molecule has 1 amide bonds. The van der Waals surface area contributed by atoms with Crippen LogP contribution in [0.4, 0.5) is 0 Å². The monoisotopic (exact) mass is 246 g/mol. The average molecular weight is 246 g/mol. The number of nitrogens with two attached hydrogens (primary N) is 1. The van der Waals surface area contributed by atoms with Crippen LogP contribution >= 0.6 is 11.8 Å². The van der Waals surface area contributed by atoms with Crippen molar-refractivity contribution in [2.75, 3.05) is 5.75 Å². The number of carbonyl (C=O) groups is 2. The van der Waals surface area contributed by atoms with E-state index in [1.54, 1.807) is 6.92 Å². The molecule has 3 atom stereocenters. The highest BCUT2D eigenvalue weighted by atomic mass is 32.2. The minimum absolute atomic E-state index is 0.0837. The van der Waals surface area contributed by atoms with Gasteiger partial charge in [-0.1, -0.05) is 13.8 Å². The van der Waals surface area contributed by atoms with Gasteiger partial charge in [0.2, 0.25) is 5.91 Å². The maximum atomic E-state index is 11.9. The summed E-state index contributed by atoms with van der Waals surface area (Å²) in [5, 5.41) is 8.98. The second-order valence-electron chi connectivity index (χ2n) is 4.36. The number of carboxylic acid groups (broad SMARTS) is 1. The number of carboxylic acids is 1. The summed E-state index contributed by atoms with van der Waals surface area (Å²) in [6.07, 6.45) is 0. The summed E-state index contributed by atoms with van der Waals surface area (Å²) in [6, 6.07) is -1.39. The minimum atomic E-state index is -0.954. The lowest BCUT2D eigenvalue weighted by Gasteiger charge is -2.30. The van der Waals surface area contributed by atoms with Crippen molar-refractivity contribution in [1.82, 2.24) is 4.90 Å². The first-order valence-electron chi connectivity index (χ1n) is 5.28. The van der Waals surface area contributed by atoms with E-state index in [2.05, 4.69) is 0 Å². The van der Waals surface area contributed by atoms with Crippen molar-refractivity contribution >= 4 is 23.6 Å². The molecular formula is C10H18N2O3S. The van der Waals surface area contributed by atoms with Crippen LogP contribution in [0.5, 0.6) is 0 Å². The quantitative estimate of drug-likeness (QED) is 0.750. The molecule has 1 heterocycles. The predicted octanol–water partition coefficient (Wildman–Crippen LogP) is 0.344. The Morgan fingerprint density at radius 2 is 2.00 bits per heavy atom. The summed E-state index contributed by atoms with van der Waals surface area (Å²) in [7, 11) is 0. The number of hydrogen-bond acceptors (Lipinski definition) is 4. The van der Waals surface area contributed by atoms with Gasteiger partial charge in [0, 0.05) is 5.75 Å². The first-order valence-corrected chi connectivity index (χ1v) is 6.33. The highest BCUT2D eigenvalue weighted by Crippen LogP contribution is 2.34. The van der Waals surface area contributed by atoms with Gasteiger partial charge in [-0.25, -0.2) is 4.79 Å². The van der Waals surface area contributed by atoms with Gasteiger partial charge in [0.15, 0.2) is 0 Å². The van der Waals surface area contributed by atoms with Gasteiger partial charge >= 0.3 is 5.97 Å². The molecule has 1 rings (SSSR count). The molecule has 5 nitrogen and oxygen atoms in total. The fourth-order valence-corrected chi connectivity index (χ4v) is 3.22. The lowest BCUT2D eigenvalue weighted by molar-refractivity contribution is -0.149. The number of carbonyl (C=O) groups excluding carboxylic acids is 1. The zero-order chi connectivity index (χ0) is 12.5. The van der Waals surface area contributed by atoms with E-state index in [-0.39, 0.29) is 17.2 Å². The van der Waals surface area contributed by atoms with Crippen LogP contribution in [0, 0.1) is 5.92 Å². The second-order valence-corrected chi connectivity index (χ2v) is 5.51. The van der Waals surface area contributed by atoms with Gasteiger partial charge in [0.1, 0.15) is 6.04 Å². The van der Waals surface area contributed by atoms with Gasteiger partial charge in [0.25, 0.3) is 0 Å². The first kappa shape index (κ1) is 13.3. The summed E-state index contributed by atoms with van der Waals surface area (Å²) in [6.45, 7) is 5.54. The lowest BCUT2D eigenvalue weighted by atomic mass is 10.1. The number of amides is 1. The van der Waals surface area contributed by atoms with Crippen LogP contribution in [-0.2, 0) is 9.59 Å². The molecule has 0 aromatic carbocycles. The van der Waals surface area contributed by atoms with Crippen molar-refractivity contribution in [3.8, 4) is 0 Å². The van der Waals surface area contributed by atoms with E-state index in [4.69, 9.17) is 10.8 Å². The summed E-state index contributed by atoms with van der Waals surface area (Å²) in [4.78, 5) is 24.4. The van der Waals surface area contributed by atoms with Gasteiger partial charge in [0.05, 0.1) is 11.4 Å². The minimum Gasteiger partial charge on any atom is -0.480 e. The Hall–Kier alpha value is -0.750. The maximum absolute atomic E-state index is 11.9. The van der Waals surface area contributed by atoms with Gasteiger partial charge in [-0.15, -0.1) is 11.8 Å². The van der Waals surface area contributed by atoms with E-state index in [9.17, 15) is 9.59 Å². The molecule has 0 aromatic rings. The van der Waals surface area contributed by atoms with E-state index in [0.717, 1.165) is 0 Å². The maximum Gasteiger partial charge on any atom is 0.327 e. The SMILES string of the molecule is CC(C)C1SCC(C(=O)O)N1C(=O)[C@@H](C)N. The van der Waals surface area contributed by atoms with Crippen LogP contribution in [0.3, 0.4) is 0 Å². The van der Waals surface area contributed by atoms with Crippen LogP contribution in [0.1, 0.15) is 20.8 Å². The van der Waals surface area contributed by atoms with Crippen molar-refractivity contribution in [2.45, 2.75) is 38.2 Å². The number of rotatable bonds is 3. The molecule has 1 aliphatic heterocycles. The number of aliphatic carboxylic acids is 1. The molecule has 92 valence electrons. The Morgan fingerprint density at radius 1 is 1.44 bits per heavy atom. The third kappa shape index (κ3) is 2.49. The third-order valence-electron chi connectivity index (χ3n) is 2.53. The third-order valence-corrected chi connectivity index (χ3v) is 4.16. The highest BCUT2D eigenvalue weighted by Gasteiger charge is 2.43. The Kier molecular flexibility index (Phi) is 4.21. The molecule has 0 aromatic heterocycles. The molecule has 1 fully saturated rings. The first-order chi connectivity index (χ1) is 7.36. The molecule has 6 heteroatoms. The van der Waals surface area contributed by atoms with E-state index in [1.165, 1.54) is 16.7 Å². The Morgan fingerprint density at radius 3 is 2.38 bits per heavy atom. The molecule has 0 spiro atoms. The largest absolute Gasteiger partial charge is 0.480 e. The normalized spacial score (nSPS) is 27.2. The molecule has 2 unspecified atom stereocenters. The molecule has 16 heavy (non-hydrogen) atoms. The number of thioether (sulfide) groups is 1. The smallest absolute Gasteiger partial charge is 0.327 e. The van der Waals surface area contributed by atoms with Gasteiger partial charge in [-0.2, -0.15) is 0 Å². The van der Waals surface area contributed by atoms with E-state index in [1.807, 2.05) is 13.8 Å². The molecule has 1 aliphatic rings. The van der Waals surface area contributed by atoms with Crippen LogP contribution in [-0.4, -0.2) is 45.1 Å². The molecular weight excluding hydrogens is 228 g/mol. The standard InChI is InChI=1S/C10H18N2O3S/c1-5(2)9-12(8(13)6(3)11)7(4-16-9)10(14)15/h5-7,9H,4,11H2,1-3H3,(H,14,15)/t6-,7?,9?/m1/s1. The number of nitrogens with zero attached hydrogens (tertiary/aromatic N) is 1. The predicted molar refractivity (Wildman–Crippen MR) is 63.0 cm³/mol. The Labute approximate surface area is 99.4 Å². The van der Waals surface area contributed by atoms with Crippen LogP contribution in [0.2, 0.25) is 0 Å². The summed E-state index contributed by atoms with van der Waals surface area (Å²) < 4.78 is 0.